The Kier molecular flexibility index (Phi) is 5.25. The zero-order valence-electron chi connectivity index (χ0n) is 7.74. The van der Waals surface area contributed by atoms with Crippen LogP contribution < -0.4 is 0 Å². The average molecular weight is 216 g/mol. The second kappa shape index (κ2) is 6.28. The fourth-order valence-electron chi connectivity index (χ4n) is 0.893. The van der Waals surface area contributed by atoms with Crippen LogP contribution in [0, 0.1) is 5.92 Å². The summed E-state index contributed by atoms with van der Waals surface area (Å²) in [5, 5.41) is 0. The third-order valence-corrected chi connectivity index (χ3v) is 3.47. The van der Waals surface area contributed by atoms with Gasteiger partial charge in [-0.05, 0) is 23.8 Å². The highest BCUT2D eigenvalue weighted by molar-refractivity contribution is 7.98. The van der Waals surface area contributed by atoms with Crippen molar-refractivity contribution in [1.82, 2.24) is 4.98 Å². The second-order valence-electron chi connectivity index (χ2n) is 3.10. The van der Waals surface area contributed by atoms with Crippen molar-refractivity contribution in [3.05, 3.63) is 30.1 Å². The minimum absolute atomic E-state index is 0.593. The van der Waals surface area contributed by atoms with Crippen LogP contribution in [-0.2, 0) is 5.75 Å². The first-order valence-electron chi connectivity index (χ1n) is 4.36. The van der Waals surface area contributed by atoms with E-state index in [1.54, 1.807) is 0 Å². The summed E-state index contributed by atoms with van der Waals surface area (Å²) < 4.78 is 0. The molecule has 72 valence electrons. The molecule has 0 saturated heterocycles. The lowest BCUT2D eigenvalue weighted by molar-refractivity contribution is 0.758. The Labute approximate surface area is 88.9 Å². The second-order valence-corrected chi connectivity index (χ2v) is 4.43. The number of thioether (sulfide) groups is 1. The van der Waals surface area contributed by atoms with Gasteiger partial charge < -0.3 is 0 Å². The number of hydrogen-bond acceptors (Lipinski definition) is 2. The van der Waals surface area contributed by atoms with Crippen LogP contribution in [0.1, 0.15) is 12.6 Å². The fourth-order valence-corrected chi connectivity index (χ4v) is 2.15. The Hall–Kier alpha value is -0.210. The number of hydrogen-bond donors (Lipinski definition) is 0. The molecule has 1 aromatic rings. The molecule has 0 aliphatic heterocycles. The summed E-state index contributed by atoms with van der Waals surface area (Å²) in [4.78, 5) is 4.25. The Morgan fingerprint density at radius 2 is 2.38 bits per heavy atom. The summed E-state index contributed by atoms with van der Waals surface area (Å²) in [6, 6.07) is 6.02. The fraction of sp³-hybridized carbons (Fsp3) is 0.500. The maximum atomic E-state index is 5.70. The van der Waals surface area contributed by atoms with E-state index < -0.39 is 0 Å². The summed E-state index contributed by atoms with van der Waals surface area (Å²) in [6.07, 6.45) is 1.83. The van der Waals surface area contributed by atoms with Gasteiger partial charge in [-0.25, -0.2) is 0 Å². The van der Waals surface area contributed by atoms with E-state index in [0.29, 0.717) is 5.92 Å². The maximum absolute atomic E-state index is 5.70. The van der Waals surface area contributed by atoms with Crippen LogP contribution in [-0.4, -0.2) is 16.6 Å². The number of pyridine rings is 1. The first kappa shape index (κ1) is 10.9. The Bertz CT molecular complexity index is 228. The number of nitrogens with zero attached hydrogens (tertiary/aromatic N) is 1. The molecule has 1 unspecified atom stereocenters. The first-order chi connectivity index (χ1) is 6.33. The standard InChI is InChI=1S/C10H14ClNS/c1-9(6-11)7-13-8-10-4-2-3-5-12-10/h2-5,9H,6-8H2,1H3. The first-order valence-corrected chi connectivity index (χ1v) is 6.05. The molecule has 0 aromatic carbocycles. The van der Waals surface area contributed by atoms with Gasteiger partial charge in [-0.3, -0.25) is 4.98 Å². The molecule has 0 amide bonds. The summed E-state index contributed by atoms with van der Waals surface area (Å²) in [5.74, 6) is 3.44. The van der Waals surface area contributed by atoms with Crippen LogP contribution in [0.15, 0.2) is 24.4 Å². The van der Waals surface area contributed by atoms with Crippen molar-refractivity contribution < 1.29 is 0 Å². The van der Waals surface area contributed by atoms with Crippen molar-refractivity contribution >= 4 is 23.4 Å². The van der Waals surface area contributed by atoms with E-state index in [1.165, 1.54) is 0 Å². The topological polar surface area (TPSA) is 12.9 Å². The van der Waals surface area contributed by atoms with Gasteiger partial charge in [-0.1, -0.05) is 13.0 Å². The van der Waals surface area contributed by atoms with Crippen molar-refractivity contribution in [2.75, 3.05) is 11.6 Å². The Morgan fingerprint density at radius 1 is 1.54 bits per heavy atom. The number of halogens is 1. The van der Waals surface area contributed by atoms with Crippen LogP contribution in [0.5, 0.6) is 0 Å². The highest BCUT2D eigenvalue weighted by atomic mass is 35.5. The zero-order valence-corrected chi connectivity index (χ0v) is 9.31. The molecule has 0 aliphatic carbocycles. The summed E-state index contributed by atoms with van der Waals surface area (Å²) >= 11 is 7.60. The van der Waals surface area contributed by atoms with Crippen LogP contribution in [0.4, 0.5) is 0 Å². The van der Waals surface area contributed by atoms with Crippen LogP contribution in [0.25, 0.3) is 0 Å². The molecule has 0 bridgehead atoms. The van der Waals surface area contributed by atoms with Gasteiger partial charge in [0.25, 0.3) is 0 Å². The van der Waals surface area contributed by atoms with E-state index in [9.17, 15) is 0 Å². The minimum atomic E-state index is 0.593. The van der Waals surface area contributed by atoms with E-state index in [0.717, 1.165) is 23.1 Å². The highest BCUT2D eigenvalue weighted by Crippen LogP contribution is 2.14. The molecule has 0 fully saturated rings. The van der Waals surface area contributed by atoms with Crippen LogP contribution in [0.3, 0.4) is 0 Å². The monoisotopic (exact) mass is 215 g/mol. The largest absolute Gasteiger partial charge is 0.260 e. The molecule has 0 N–H and O–H groups in total. The molecule has 1 atom stereocenters. The molecular weight excluding hydrogens is 202 g/mol. The predicted octanol–water partition coefficient (Wildman–Crippen LogP) is 3.19. The van der Waals surface area contributed by atoms with Gasteiger partial charge in [-0.15, -0.1) is 11.6 Å². The molecule has 1 heterocycles. The van der Waals surface area contributed by atoms with E-state index in [4.69, 9.17) is 11.6 Å². The lowest BCUT2D eigenvalue weighted by Crippen LogP contribution is -1.99. The minimum Gasteiger partial charge on any atom is -0.260 e. The summed E-state index contributed by atoms with van der Waals surface area (Å²) in [5.41, 5.74) is 1.15. The Balaban J connectivity index is 2.20. The van der Waals surface area contributed by atoms with Crippen molar-refractivity contribution in [2.45, 2.75) is 12.7 Å². The van der Waals surface area contributed by atoms with Crippen molar-refractivity contribution in [1.29, 1.82) is 0 Å². The molecular formula is C10H14ClNS. The average Bonchev–Trinajstić information content (AvgIpc) is 2.19. The number of rotatable bonds is 5. The van der Waals surface area contributed by atoms with Crippen LogP contribution in [0.2, 0.25) is 0 Å². The molecule has 1 rings (SSSR count). The molecule has 0 saturated carbocycles. The van der Waals surface area contributed by atoms with Gasteiger partial charge in [0.05, 0.1) is 5.69 Å². The number of aromatic nitrogens is 1. The van der Waals surface area contributed by atoms with Crippen molar-refractivity contribution in [3.63, 3.8) is 0 Å². The summed E-state index contributed by atoms with van der Waals surface area (Å²) in [7, 11) is 0. The van der Waals surface area contributed by atoms with Crippen LogP contribution >= 0.6 is 23.4 Å². The quantitative estimate of drug-likeness (QED) is 0.700. The third-order valence-electron chi connectivity index (χ3n) is 1.64. The van der Waals surface area contributed by atoms with Crippen molar-refractivity contribution in [2.24, 2.45) is 5.92 Å². The lowest BCUT2D eigenvalue weighted by Gasteiger charge is -2.05. The molecule has 13 heavy (non-hydrogen) atoms. The molecule has 3 heteroatoms. The van der Waals surface area contributed by atoms with Gasteiger partial charge in [0.15, 0.2) is 0 Å². The molecule has 0 radical (unpaired) electrons. The third kappa shape index (κ3) is 4.53. The van der Waals surface area contributed by atoms with Gasteiger partial charge in [0.2, 0.25) is 0 Å². The highest BCUT2D eigenvalue weighted by Gasteiger charge is 2.00. The van der Waals surface area contributed by atoms with Gasteiger partial charge in [-0.2, -0.15) is 11.8 Å². The molecule has 1 aromatic heterocycles. The van der Waals surface area contributed by atoms with Gasteiger partial charge in [0.1, 0.15) is 0 Å². The number of alkyl halides is 1. The molecule has 0 aliphatic rings. The van der Waals surface area contributed by atoms with Gasteiger partial charge in [0, 0.05) is 17.8 Å². The molecule has 1 nitrogen and oxygen atoms in total. The zero-order chi connectivity index (χ0) is 9.52. The maximum Gasteiger partial charge on any atom is 0.0502 e. The van der Waals surface area contributed by atoms with E-state index in [-0.39, 0.29) is 0 Å². The van der Waals surface area contributed by atoms with E-state index in [2.05, 4.69) is 18.0 Å². The van der Waals surface area contributed by atoms with Gasteiger partial charge >= 0.3 is 0 Å². The summed E-state index contributed by atoms with van der Waals surface area (Å²) in [6.45, 7) is 2.17. The normalized spacial score (nSPS) is 12.8. The van der Waals surface area contributed by atoms with E-state index in [1.807, 2.05) is 30.1 Å². The molecule has 0 spiro atoms. The van der Waals surface area contributed by atoms with E-state index >= 15 is 0 Å². The lowest BCUT2D eigenvalue weighted by atomic mass is 10.3. The smallest absolute Gasteiger partial charge is 0.0502 e. The predicted molar refractivity (Wildman–Crippen MR) is 60.3 cm³/mol. The Morgan fingerprint density at radius 3 is 3.00 bits per heavy atom. The van der Waals surface area contributed by atoms with Crippen molar-refractivity contribution in [3.8, 4) is 0 Å². The SMILES string of the molecule is CC(CCl)CSCc1ccccn1.